The summed E-state index contributed by atoms with van der Waals surface area (Å²) in [6.07, 6.45) is 7.80. The molecule has 1 heterocycles. The Morgan fingerprint density at radius 2 is 1.62 bits per heavy atom. The van der Waals surface area contributed by atoms with Crippen molar-refractivity contribution in [3.05, 3.63) is 29.8 Å². The third-order valence-corrected chi connectivity index (χ3v) is 7.89. The summed E-state index contributed by atoms with van der Waals surface area (Å²) in [7, 11) is -2.60. The molecule has 1 saturated heterocycles. The fraction of sp³-hybridized carbons (Fsp3) is 0.619. The molecular formula is C21H30N2O5S. The van der Waals surface area contributed by atoms with Crippen LogP contribution in [0.15, 0.2) is 29.2 Å². The molecule has 8 heteroatoms. The number of nitrogens with zero attached hydrogens (tertiary/aromatic N) is 1. The molecule has 1 saturated carbocycles. The van der Waals surface area contributed by atoms with Gasteiger partial charge in [-0.25, -0.2) is 13.2 Å². The van der Waals surface area contributed by atoms with Crippen LogP contribution in [0.2, 0.25) is 0 Å². The number of esters is 1. The second-order valence-corrected chi connectivity index (χ2v) is 9.77. The fourth-order valence-corrected chi connectivity index (χ4v) is 5.86. The summed E-state index contributed by atoms with van der Waals surface area (Å²) in [6, 6.07) is 6.32. The average molecular weight is 423 g/mol. The predicted molar refractivity (Wildman–Crippen MR) is 109 cm³/mol. The van der Waals surface area contributed by atoms with Gasteiger partial charge < -0.3 is 10.1 Å². The highest BCUT2D eigenvalue weighted by Crippen LogP contribution is 2.27. The molecule has 7 nitrogen and oxygen atoms in total. The maximum absolute atomic E-state index is 13.1. The number of carbonyl (C=O) groups excluding carboxylic acids is 2. The van der Waals surface area contributed by atoms with Crippen LogP contribution in [-0.2, 0) is 19.6 Å². The van der Waals surface area contributed by atoms with Gasteiger partial charge in [0.05, 0.1) is 17.6 Å². The lowest BCUT2D eigenvalue weighted by molar-refractivity contribution is -0.126. The monoisotopic (exact) mass is 422 g/mol. The minimum atomic E-state index is -3.83. The van der Waals surface area contributed by atoms with Gasteiger partial charge in [-0.3, -0.25) is 4.79 Å². The van der Waals surface area contributed by atoms with Crippen molar-refractivity contribution in [2.45, 2.75) is 62.3 Å². The van der Waals surface area contributed by atoms with Gasteiger partial charge in [0.25, 0.3) is 0 Å². The predicted octanol–water partition coefficient (Wildman–Crippen LogP) is 2.71. The summed E-state index contributed by atoms with van der Waals surface area (Å²) in [5.74, 6) is -0.800. The topological polar surface area (TPSA) is 92.8 Å². The smallest absolute Gasteiger partial charge is 0.339 e. The molecular weight excluding hydrogens is 392 g/mol. The Labute approximate surface area is 172 Å². The molecule has 0 unspecified atom stereocenters. The molecule has 2 fully saturated rings. The van der Waals surface area contributed by atoms with E-state index in [1.165, 1.54) is 36.4 Å². The Hall–Kier alpha value is -1.93. The number of ether oxygens (including phenoxy) is 1. The zero-order valence-electron chi connectivity index (χ0n) is 16.9. The van der Waals surface area contributed by atoms with Crippen LogP contribution < -0.4 is 5.32 Å². The Bertz CT molecular complexity index is 823. The number of rotatable bonds is 5. The first kappa shape index (κ1) is 21.8. The van der Waals surface area contributed by atoms with Gasteiger partial charge in [0.1, 0.15) is 0 Å². The van der Waals surface area contributed by atoms with Crippen LogP contribution in [0.4, 0.5) is 0 Å². The molecule has 0 radical (unpaired) electrons. The number of sulfonamides is 1. The van der Waals surface area contributed by atoms with E-state index in [9.17, 15) is 18.0 Å². The lowest BCUT2D eigenvalue weighted by Crippen LogP contribution is -2.45. The zero-order chi connectivity index (χ0) is 20.9. The van der Waals surface area contributed by atoms with Crippen molar-refractivity contribution in [2.75, 3.05) is 20.2 Å². The average Bonchev–Trinajstić information content (AvgIpc) is 3.02. The summed E-state index contributed by atoms with van der Waals surface area (Å²) in [5, 5.41) is 3.18. The number of carbonyl (C=O) groups is 2. The van der Waals surface area contributed by atoms with Crippen LogP contribution in [0.3, 0.4) is 0 Å². The van der Waals surface area contributed by atoms with Crippen LogP contribution in [0.5, 0.6) is 0 Å². The van der Waals surface area contributed by atoms with E-state index in [4.69, 9.17) is 4.74 Å². The minimum absolute atomic E-state index is 0.0308. The molecule has 2 aliphatic rings. The molecule has 1 aliphatic heterocycles. The van der Waals surface area contributed by atoms with E-state index in [0.29, 0.717) is 12.8 Å². The maximum atomic E-state index is 13.1. The summed E-state index contributed by atoms with van der Waals surface area (Å²) in [4.78, 5) is 24.6. The normalized spacial score (nSPS) is 20.0. The van der Waals surface area contributed by atoms with Crippen LogP contribution >= 0.6 is 0 Å². The van der Waals surface area contributed by atoms with Crippen molar-refractivity contribution in [3.8, 4) is 0 Å². The Balaban J connectivity index is 1.63. The Morgan fingerprint density at radius 3 is 2.24 bits per heavy atom. The van der Waals surface area contributed by atoms with Crippen molar-refractivity contribution >= 4 is 21.9 Å². The second-order valence-electron chi connectivity index (χ2n) is 7.86. The number of benzene rings is 1. The van der Waals surface area contributed by atoms with Crippen molar-refractivity contribution in [1.29, 1.82) is 0 Å². The number of nitrogens with one attached hydrogen (secondary N) is 1. The number of hydrogen-bond acceptors (Lipinski definition) is 5. The van der Waals surface area contributed by atoms with Gasteiger partial charge in [-0.2, -0.15) is 4.31 Å². The third-order valence-electron chi connectivity index (χ3n) is 5.94. The Morgan fingerprint density at radius 1 is 1.00 bits per heavy atom. The third kappa shape index (κ3) is 5.17. The van der Waals surface area contributed by atoms with Crippen LogP contribution in [0.1, 0.15) is 61.7 Å². The molecule has 1 N–H and O–H groups in total. The highest BCUT2D eigenvalue weighted by molar-refractivity contribution is 7.89. The summed E-state index contributed by atoms with van der Waals surface area (Å²) in [6.45, 7) is 0.529. The van der Waals surface area contributed by atoms with Crippen molar-refractivity contribution in [2.24, 2.45) is 5.92 Å². The number of methoxy groups -OCH3 is 1. The van der Waals surface area contributed by atoms with Crippen molar-refractivity contribution in [3.63, 3.8) is 0 Å². The first-order chi connectivity index (χ1) is 13.9. The molecule has 1 aromatic carbocycles. The first-order valence-electron chi connectivity index (χ1n) is 10.4. The summed E-state index contributed by atoms with van der Waals surface area (Å²) in [5.41, 5.74) is 0.0308. The quantitative estimate of drug-likeness (QED) is 0.582. The number of hydrogen-bond donors (Lipinski definition) is 1. The van der Waals surface area contributed by atoms with Crippen LogP contribution in [-0.4, -0.2) is 50.8 Å². The largest absolute Gasteiger partial charge is 0.465 e. The van der Waals surface area contributed by atoms with Crippen LogP contribution in [0, 0.1) is 5.92 Å². The molecule has 0 aromatic heterocycles. The molecule has 3 rings (SSSR count). The number of amides is 1. The van der Waals surface area contributed by atoms with Gasteiger partial charge in [-0.05, 0) is 37.8 Å². The summed E-state index contributed by atoms with van der Waals surface area (Å²) < 4.78 is 32.2. The van der Waals surface area contributed by atoms with E-state index >= 15 is 0 Å². The molecule has 1 aromatic rings. The standard InChI is InChI=1S/C21H30N2O5S/c1-28-21(25)18-10-6-7-11-19(18)29(26,27)23-14-12-16(13-15-23)20(24)22-17-8-4-2-3-5-9-17/h6-7,10-11,16-17H,2-5,8-9,12-15H2,1H3,(H,22,24). The molecule has 0 atom stereocenters. The molecule has 1 amide bonds. The zero-order valence-corrected chi connectivity index (χ0v) is 17.7. The van der Waals surface area contributed by atoms with Crippen molar-refractivity contribution < 1.29 is 22.7 Å². The van der Waals surface area contributed by atoms with Gasteiger partial charge in [0, 0.05) is 25.0 Å². The molecule has 160 valence electrons. The molecule has 0 spiro atoms. The SMILES string of the molecule is COC(=O)c1ccccc1S(=O)(=O)N1CCC(C(=O)NC2CCCCCC2)CC1. The van der Waals surface area contributed by atoms with E-state index in [-0.39, 0.29) is 41.4 Å². The molecule has 1 aliphatic carbocycles. The molecule has 0 bridgehead atoms. The van der Waals surface area contributed by atoms with Gasteiger partial charge in [-0.15, -0.1) is 0 Å². The van der Waals surface area contributed by atoms with Gasteiger partial charge in [0.2, 0.25) is 15.9 Å². The highest BCUT2D eigenvalue weighted by atomic mass is 32.2. The van der Waals surface area contributed by atoms with E-state index in [1.807, 2.05) is 0 Å². The van der Waals surface area contributed by atoms with E-state index in [2.05, 4.69) is 5.32 Å². The summed E-state index contributed by atoms with van der Waals surface area (Å²) >= 11 is 0. The maximum Gasteiger partial charge on any atom is 0.339 e. The second kappa shape index (κ2) is 9.71. The Kier molecular flexibility index (Phi) is 7.29. The van der Waals surface area contributed by atoms with Gasteiger partial charge in [0.15, 0.2) is 0 Å². The first-order valence-corrected chi connectivity index (χ1v) is 11.9. The van der Waals surface area contributed by atoms with Crippen LogP contribution in [0.25, 0.3) is 0 Å². The minimum Gasteiger partial charge on any atom is -0.465 e. The van der Waals surface area contributed by atoms with E-state index < -0.39 is 16.0 Å². The van der Waals surface area contributed by atoms with Gasteiger partial charge in [-0.1, -0.05) is 37.8 Å². The van der Waals surface area contributed by atoms with Gasteiger partial charge >= 0.3 is 5.97 Å². The number of piperidine rings is 1. The van der Waals surface area contributed by atoms with E-state index in [1.54, 1.807) is 12.1 Å². The lowest BCUT2D eigenvalue weighted by atomic mass is 9.96. The van der Waals surface area contributed by atoms with Crippen molar-refractivity contribution in [1.82, 2.24) is 9.62 Å². The highest BCUT2D eigenvalue weighted by Gasteiger charge is 2.34. The lowest BCUT2D eigenvalue weighted by Gasteiger charge is -2.31. The van der Waals surface area contributed by atoms with E-state index in [0.717, 1.165) is 25.7 Å². The molecule has 29 heavy (non-hydrogen) atoms. The fourth-order valence-electron chi connectivity index (χ4n) is 4.21.